The van der Waals surface area contributed by atoms with Crippen LogP contribution >= 0.6 is 0 Å². The van der Waals surface area contributed by atoms with Crippen LogP contribution in [0.25, 0.3) is 0 Å². The number of hydrogen-bond donors (Lipinski definition) is 1. The Morgan fingerprint density at radius 3 is 2.94 bits per heavy atom. The maximum Gasteiger partial charge on any atom is 0.0760 e. The van der Waals surface area contributed by atoms with Crippen molar-refractivity contribution < 1.29 is 9.47 Å². The topological polar surface area (TPSA) is 62.3 Å². The van der Waals surface area contributed by atoms with E-state index in [9.17, 15) is 0 Å². The second-order valence-electron chi connectivity index (χ2n) is 5.28. The van der Waals surface area contributed by atoms with Crippen LogP contribution in [-0.2, 0) is 16.0 Å². The van der Waals surface area contributed by atoms with Gasteiger partial charge in [0.2, 0.25) is 0 Å². The summed E-state index contributed by atoms with van der Waals surface area (Å²) in [5.41, 5.74) is 6.60. The summed E-state index contributed by atoms with van der Waals surface area (Å²) in [5.74, 6) is 0. The quantitative estimate of drug-likeness (QED) is 0.859. The molecule has 5 nitrogen and oxygen atoms in total. The van der Waals surface area contributed by atoms with Crippen molar-refractivity contribution in [3.63, 3.8) is 0 Å². The molecule has 100 valence electrons. The minimum absolute atomic E-state index is 0.0238. The molecule has 0 aromatic carbocycles. The van der Waals surface area contributed by atoms with E-state index in [0.717, 1.165) is 51.2 Å². The van der Waals surface area contributed by atoms with Gasteiger partial charge in [-0.15, -0.1) is 0 Å². The first kappa shape index (κ1) is 12.1. The lowest BCUT2D eigenvalue weighted by Crippen LogP contribution is -2.44. The van der Waals surface area contributed by atoms with E-state index >= 15 is 0 Å². The minimum Gasteiger partial charge on any atom is -0.381 e. The molecule has 2 aliphatic heterocycles. The van der Waals surface area contributed by atoms with Gasteiger partial charge in [0.05, 0.1) is 17.3 Å². The van der Waals surface area contributed by atoms with Crippen molar-refractivity contribution in [2.45, 2.75) is 43.9 Å². The summed E-state index contributed by atoms with van der Waals surface area (Å²) in [4.78, 5) is 0. The Hall–Kier alpha value is -0.910. The first-order chi connectivity index (χ1) is 8.81. The number of aromatic nitrogens is 2. The maximum absolute atomic E-state index is 6.05. The van der Waals surface area contributed by atoms with E-state index in [-0.39, 0.29) is 5.60 Å². The SMILES string of the molecule is NCc1ccn(C2CCOC3(CCOCC3)C2)n1. The Morgan fingerprint density at radius 1 is 1.39 bits per heavy atom. The van der Waals surface area contributed by atoms with Crippen LogP contribution in [0.2, 0.25) is 0 Å². The standard InChI is InChI=1S/C13H21N3O2/c14-10-11-1-5-16(15-11)12-2-6-18-13(9-12)3-7-17-8-4-13/h1,5,12H,2-4,6-10,14H2. The van der Waals surface area contributed by atoms with Crippen LogP contribution in [0.3, 0.4) is 0 Å². The monoisotopic (exact) mass is 251 g/mol. The third kappa shape index (κ3) is 2.30. The third-order valence-corrected chi connectivity index (χ3v) is 4.12. The van der Waals surface area contributed by atoms with E-state index in [4.69, 9.17) is 15.2 Å². The molecule has 1 atom stereocenters. The summed E-state index contributed by atoms with van der Waals surface area (Å²) in [5, 5.41) is 4.54. The third-order valence-electron chi connectivity index (χ3n) is 4.12. The van der Waals surface area contributed by atoms with E-state index in [1.54, 1.807) is 0 Å². The highest BCUT2D eigenvalue weighted by molar-refractivity contribution is 5.00. The summed E-state index contributed by atoms with van der Waals surface area (Å²) in [6.45, 7) is 2.97. The van der Waals surface area contributed by atoms with Crippen molar-refractivity contribution in [2.75, 3.05) is 19.8 Å². The fraction of sp³-hybridized carbons (Fsp3) is 0.769. The number of nitrogens with two attached hydrogens (primary N) is 1. The lowest BCUT2D eigenvalue weighted by molar-refractivity contribution is -0.145. The highest BCUT2D eigenvalue weighted by Crippen LogP contribution is 2.38. The van der Waals surface area contributed by atoms with Gasteiger partial charge in [0.15, 0.2) is 0 Å². The van der Waals surface area contributed by atoms with Crippen LogP contribution in [-0.4, -0.2) is 35.2 Å². The molecule has 2 N–H and O–H groups in total. The molecule has 3 rings (SSSR count). The van der Waals surface area contributed by atoms with Gasteiger partial charge in [0.25, 0.3) is 0 Å². The first-order valence-electron chi connectivity index (χ1n) is 6.77. The molecule has 18 heavy (non-hydrogen) atoms. The van der Waals surface area contributed by atoms with Crippen molar-refractivity contribution >= 4 is 0 Å². The van der Waals surface area contributed by atoms with E-state index in [1.165, 1.54) is 0 Å². The number of ether oxygens (including phenoxy) is 2. The Balaban J connectivity index is 1.73. The molecule has 1 aromatic rings. The summed E-state index contributed by atoms with van der Waals surface area (Å²) in [7, 11) is 0. The molecular formula is C13H21N3O2. The minimum atomic E-state index is 0.0238. The molecule has 0 saturated carbocycles. The average Bonchev–Trinajstić information content (AvgIpc) is 2.88. The largest absolute Gasteiger partial charge is 0.381 e. The second kappa shape index (κ2) is 4.99. The van der Waals surface area contributed by atoms with Gasteiger partial charge in [-0.25, -0.2) is 0 Å². The molecule has 0 aliphatic carbocycles. The lowest BCUT2D eigenvalue weighted by Gasteiger charge is -2.43. The Kier molecular flexibility index (Phi) is 3.37. The maximum atomic E-state index is 6.05. The zero-order valence-electron chi connectivity index (χ0n) is 10.7. The fourth-order valence-corrected chi connectivity index (χ4v) is 3.01. The number of hydrogen-bond acceptors (Lipinski definition) is 4. The molecule has 2 aliphatic rings. The summed E-state index contributed by atoms with van der Waals surface area (Å²) in [6, 6.07) is 2.45. The number of rotatable bonds is 2. The van der Waals surface area contributed by atoms with Crippen molar-refractivity contribution in [1.82, 2.24) is 9.78 Å². The van der Waals surface area contributed by atoms with Gasteiger partial charge in [0.1, 0.15) is 0 Å². The lowest BCUT2D eigenvalue weighted by atomic mass is 9.84. The van der Waals surface area contributed by atoms with Crippen LogP contribution in [0.1, 0.15) is 37.4 Å². The molecule has 0 amide bonds. The van der Waals surface area contributed by atoms with Gasteiger partial charge in [0, 0.05) is 32.6 Å². The van der Waals surface area contributed by atoms with E-state index in [2.05, 4.69) is 9.78 Å². The first-order valence-corrected chi connectivity index (χ1v) is 6.77. The molecule has 2 saturated heterocycles. The molecule has 0 radical (unpaired) electrons. The van der Waals surface area contributed by atoms with Crippen LogP contribution in [0.5, 0.6) is 0 Å². The van der Waals surface area contributed by atoms with Crippen LogP contribution in [0, 0.1) is 0 Å². The molecule has 1 aromatic heterocycles. The van der Waals surface area contributed by atoms with Gasteiger partial charge in [-0.05, 0) is 31.7 Å². The van der Waals surface area contributed by atoms with E-state index in [1.807, 2.05) is 12.3 Å². The van der Waals surface area contributed by atoms with Crippen LogP contribution < -0.4 is 5.73 Å². The molecule has 1 unspecified atom stereocenters. The van der Waals surface area contributed by atoms with Gasteiger partial charge in [-0.3, -0.25) is 4.68 Å². The molecule has 5 heteroatoms. The molecule has 2 fully saturated rings. The highest BCUT2D eigenvalue weighted by atomic mass is 16.5. The van der Waals surface area contributed by atoms with Crippen molar-refractivity contribution in [3.8, 4) is 0 Å². The Bertz CT molecular complexity index is 393. The zero-order valence-corrected chi connectivity index (χ0v) is 10.7. The predicted molar refractivity (Wildman–Crippen MR) is 67.1 cm³/mol. The summed E-state index contributed by atoms with van der Waals surface area (Å²) < 4.78 is 13.6. The van der Waals surface area contributed by atoms with E-state index in [0.29, 0.717) is 12.6 Å². The van der Waals surface area contributed by atoms with Crippen LogP contribution in [0.4, 0.5) is 0 Å². The summed E-state index contributed by atoms with van der Waals surface area (Å²) in [6.07, 6.45) is 6.14. The van der Waals surface area contributed by atoms with Gasteiger partial charge >= 0.3 is 0 Å². The van der Waals surface area contributed by atoms with Crippen molar-refractivity contribution in [3.05, 3.63) is 18.0 Å². The molecule has 3 heterocycles. The van der Waals surface area contributed by atoms with Crippen LogP contribution in [0.15, 0.2) is 12.3 Å². The van der Waals surface area contributed by atoms with Crippen molar-refractivity contribution in [2.24, 2.45) is 5.73 Å². The molecule has 0 bridgehead atoms. The smallest absolute Gasteiger partial charge is 0.0760 e. The Morgan fingerprint density at radius 2 is 2.22 bits per heavy atom. The van der Waals surface area contributed by atoms with Gasteiger partial charge in [-0.2, -0.15) is 5.10 Å². The zero-order chi connectivity index (χ0) is 12.4. The number of nitrogens with zero attached hydrogens (tertiary/aromatic N) is 2. The second-order valence-corrected chi connectivity index (χ2v) is 5.28. The molecular weight excluding hydrogens is 230 g/mol. The van der Waals surface area contributed by atoms with Gasteiger partial charge in [-0.1, -0.05) is 0 Å². The highest BCUT2D eigenvalue weighted by Gasteiger charge is 2.39. The average molecular weight is 251 g/mol. The molecule has 1 spiro atoms. The van der Waals surface area contributed by atoms with E-state index < -0.39 is 0 Å². The van der Waals surface area contributed by atoms with Crippen molar-refractivity contribution in [1.29, 1.82) is 0 Å². The van der Waals surface area contributed by atoms with Gasteiger partial charge < -0.3 is 15.2 Å². The Labute approximate surface area is 107 Å². The predicted octanol–water partition coefficient (Wildman–Crippen LogP) is 1.24. The fourth-order valence-electron chi connectivity index (χ4n) is 3.01. The summed E-state index contributed by atoms with van der Waals surface area (Å²) >= 11 is 0. The normalized spacial score (nSPS) is 27.5.